The fourth-order valence-corrected chi connectivity index (χ4v) is 3.42. The summed E-state index contributed by atoms with van der Waals surface area (Å²) >= 11 is 0. The van der Waals surface area contributed by atoms with Crippen LogP contribution in [0.4, 0.5) is 0 Å². The van der Waals surface area contributed by atoms with Crippen LogP contribution < -0.4 is 15.4 Å². The number of rotatable bonds is 7. The van der Waals surface area contributed by atoms with Crippen molar-refractivity contribution >= 4 is 29.9 Å². The van der Waals surface area contributed by atoms with Gasteiger partial charge in [0.2, 0.25) is 0 Å². The molecule has 1 aliphatic rings. The Hall–Kier alpha value is -1.02. The highest BCUT2D eigenvalue weighted by Gasteiger charge is 2.37. The summed E-state index contributed by atoms with van der Waals surface area (Å²) in [5, 5.41) is 6.76. The van der Waals surface area contributed by atoms with E-state index in [1.165, 1.54) is 31.2 Å². The standard InChI is InChI=1S/C18H29N3O2.HI/c1-19-17(20-12-13-22-2)21-14-18(10-6-7-11-18)15-8-4-5-9-16(15)23-3;/h4-5,8-9H,6-7,10-14H2,1-3H3,(H2,19,20,21);1H. The van der Waals surface area contributed by atoms with Crippen molar-refractivity contribution in [3.63, 3.8) is 0 Å². The van der Waals surface area contributed by atoms with Gasteiger partial charge in [0.05, 0.1) is 13.7 Å². The van der Waals surface area contributed by atoms with Crippen LogP contribution in [0.5, 0.6) is 5.75 Å². The van der Waals surface area contributed by atoms with Crippen molar-refractivity contribution in [3.8, 4) is 5.75 Å². The van der Waals surface area contributed by atoms with Crippen molar-refractivity contribution in [1.29, 1.82) is 0 Å². The summed E-state index contributed by atoms with van der Waals surface area (Å²) in [5.74, 6) is 1.81. The maximum atomic E-state index is 5.61. The Labute approximate surface area is 162 Å². The van der Waals surface area contributed by atoms with Gasteiger partial charge in [-0.3, -0.25) is 4.99 Å². The van der Waals surface area contributed by atoms with Crippen LogP contribution in [-0.2, 0) is 10.2 Å². The Balaban J connectivity index is 0.00000288. The van der Waals surface area contributed by atoms with Gasteiger partial charge in [-0.2, -0.15) is 0 Å². The number of nitrogens with zero attached hydrogens (tertiary/aromatic N) is 1. The van der Waals surface area contributed by atoms with Crippen LogP contribution in [0, 0.1) is 0 Å². The van der Waals surface area contributed by atoms with Crippen LogP contribution in [0.15, 0.2) is 29.3 Å². The lowest BCUT2D eigenvalue weighted by molar-refractivity contribution is 0.203. The van der Waals surface area contributed by atoms with Crippen molar-refractivity contribution in [2.45, 2.75) is 31.1 Å². The molecule has 24 heavy (non-hydrogen) atoms. The maximum Gasteiger partial charge on any atom is 0.191 e. The number of halogens is 1. The second kappa shape index (κ2) is 10.8. The molecule has 0 aliphatic heterocycles. The lowest BCUT2D eigenvalue weighted by atomic mass is 9.78. The predicted molar refractivity (Wildman–Crippen MR) is 110 cm³/mol. The lowest BCUT2D eigenvalue weighted by Gasteiger charge is -2.32. The average Bonchev–Trinajstić information content (AvgIpc) is 3.08. The fraction of sp³-hybridized carbons (Fsp3) is 0.611. The van der Waals surface area contributed by atoms with E-state index in [0.717, 1.165) is 24.8 Å². The van der Waals surface area contributed by atoms with Crippen molar-refractivity contribution in [3.05, 3.63) is 29.8 Å². The zero-order chi connectivity index (χ0) is 16.5. The van der Waals surface area contributed by atoms with Gasteiger partial charge in [-0.1, -0.05) is 31.0 Å². The van der Waals surface area contributed by atoms with E-state index in [-0.39, 0.29) is 29.4 Å². The van der Waals surface area contributed by atoms with E-state index in [0.29, 0.717) is 6.61 Å². The molecule has 6 heteroatoms. The van der Waals surface area contributed by atoms with Crippen LogP contribution in [-0.4, -0.2) is 46.9 Å². The molecule has 0 bridgehead atoms. The number of nitrogens with one attached hydrogen (secondary N) is 2. The van der Waals surface area contributed by atoms with Crippen molar-refractivity contribution in [1.82, 2.24) is 10.6 Å². The number of methoxy groups -OCH3 is 2. The number of aliphatic imine (C=N–C) groups is 1. The van der Waals surface area contributed by atoms with Crippen molar-refractivity contribution < 1.29 is 9.47 Å². The first kappa shape index (κ1) is 21.0. The van der Waals surface area contributed by atoms with E-state index >= 15 is 0 Å². The summed E-state index contributed by atoms with van der Waals surface area (Å²) in [6.07, 6.45) is 4.87. The highest BCUT2D eigenvalue weighted by atomic mass is 127. The maximum absolute atomic E-state index is 5.61. The third-order valence-corrected chi connectivity index (χ3v) is 4.66. The number of hydrogen-bond donors (Lipinski definition) is 2. The highest BCUT2D eigenvalue weighted by Crippen LogP contribution is 2.44. The summed E-state index contributed by atoms with van der Waals surface area (Å²) in [5.41, 5.74) is 1.42. The smallest absolute Gasteiger partial charge is 0.191 e. The zero-order valence-electron chi connectivity index (χ0n) is 14.9. The quantitative estimate of drug-likeness (QED) is 0.292. The van der Waals surface area contributed by atoms with Gasteiger partial charge in [-0.05, 0) is 18.9 Å². The minimum atomic E-state index is 0. The average molecular weight is 447 g/mol. The molecular weight excluding hydrogens is 417 g/mol. The van der Waals surface area contributed by atoms with Crippen LogP contribution in [0.1, 0.15) is 31.2 Å². The molecule has 0 amide bonds. The number of para-hydroxylation sites is 1. The van der Waals surface area contributed by atoms with Crippen LogP contribution >= 0.6 is 24.0 Å². The molecule has 1 aromatic carbocycles. The van der Waals surface area contributed by atoms with Gasteiger partial charge >= 0.3 is 0 Å². The second-order valence-electron chi connectivity index (χ2n) is 6.03. The molecule has 0 aromatic heterocycles. The van der Waals surface area contributed by atoms with Gasteiger partial charge in [-0.25, -0.2) is 0 Å². The number of hydrogen-bond acceptors (Lipinski definition) is 3. The minimum absolute atomic E-state index is 0. The van der Waals surface area contributed by atoms with E-state index in [1.807, 2.05) is 6.07 Å². The normalized spacial score (nSPS) is 16.4. The molecule has 0 heterocycles. The SMILES string of the molecule is CN=C(NCCOC)NCC1(c2ccccc2OC)CCCC1.I. The third kappa shape index (κ3) is 5.24. The van der Waals surface area contributed by atoms with E-state index in [2.05, 4.69) is 33.8 Å². The molecule has 1 aliphatic carbocycles. The zero-order valence-corrected chi connectivity index (χ0v) is 17.3. The Bertz CT molecular complexity index is 517. The largest absolute Gasteiger partial charge is 0.496 e. The molecule has 0 saturated heterocycles. The Morgan fingerprint density at radius 3 is 2.50 bits per heavy atom. The molecule has 0 spiro atoms. The van der Waals surface area contributed by atoms with Gasteiger partial charge in [0.1, 0.15) is 5.75 Å². The summed E-state index contributed by atoms with van der Waals surface area (Å²) in [6, 6.07) is 8.39. The van der Waals surface area contributed by atoms with E-state index in [4.69, 9.17) is 9.47 Å². The first-order valence-electron chi connectivity index (χ1n) is 8.33. The van der Waals surface area contributed by atoms with Crippen LogP contribution in [0.3, 0.4) is 0 Å². The highest BCUT2D eigenvalue weighted by molar-refractivity contribution is 14.0. The summed E-state index contributed by atoms with van der Waals surface area (Å²) in [6.45, 7) is 2.27. The number of guanidine groups is 1. The Kier molecular flexibility index (Phi) is 9.43. The van der Waals surface area contributed by atoms with Crippen molar-refractivity contribution in [2.75, 3.05) is 41.0 Å². The van der Waals surface area contributed by atoms with Crippen LogP contribution in [0.2, 0.25) is 0 Å². The van der Waals surface area contributed by atoms with Gasteiger partial charge in [0.15, 0.2) is 5.96 Å². The molecule has 1 aromatic rings. The monoisotopic (exact) mass is 447 g/mol. The predicted octanol–water partition coefficient (Wildman–Crippen LogP) is 2.94. The third-order valence-electron chi connectivity index (χ3n) is 4.66. The molecule has 1 fully saturated rings. The van der Waals surface area contributed by atoms with E-state index in [1.54, 1.807) is 21.3 Å². The first-order chi connectivity index (χ1) is 11.3. The molecule has 5 nitrogen and oxygen atoms in total. The van der Waals surface area contributed by atoms with Crippen molar-refractivity contribution in [2.24, 2.45) is 4.99 Å². The second-order valence-corrected chi connectivity index (χ2v) is 6.03. The topological polar surface area (TPSA) is 54.9 Å². The molecule has 0 unspecified atom stereocenters. The fourth-order valence-electron chi connectivity index (χ4n) is 3.42. The molecule has 136 valence electrons. The summed E-state index contributed by atoms with van der Waals surface area (Å²) in [4.78, 5) is 4.30. The molecule has 2 N–H and O–H groups in total. The Morgan fingerprint density at radius 2 is 1.88 bits per heavy atom. The van der Waals surface area contributed by atoms with Gasteiger partial charge in [0, 0.05) is 38.2 Å². The number of benzene rings is 1. The van der Waals surface area contributed by atoms with Gasteiger partial charge < -0.3 is 20.1 Å². The summed E-state index contributed by atoms with van der Waals surface area (Å²) < 4.78 is 10.7. The van der Waals surface area contributed by atoms with E-state index in [9.17, 15) is 0 Å². The van der Waals surface area contributed by atoms with Crippen LogP contribution in [0.25, 0.3) is 0 Å². The van der Waals surface area contributed by atoms with Gasteiger partial charge in [-0.15, -0.1) is 24.0 Å². The first-order valence-corrected chi connectivity index (χ1v) is 8.33. The number of ether oxygens (including phenoxy) is 2. The molecule has 2 rings (SSSR count). The lowest BCUT2D eigenvalue weighted by Crippen LogP contribution is -2.45. The summed E-state index contributed by atoms with van der Waals surface area (Å²) in [7, 11) is 5.25. The van der Waals surface area contributed by atoms with Gasteiger partial charge in [0.25, 0.3) is 0 Å². The minimum Gasteiger partial charge on any atom is -0.496 e. The molecule has 0 atom stereocenters. The molecular formula is C18H30IN3O2. The Morgan fingerprint density at radius 1 is 1.17 bits per heavy atom. The van der Waals surface area contributed by atoms with E-state index < -0.39 is 0 Å². The molecule has 1 saturated carbocycles. The molecule has 0 radical (unpaired) electrons.